The van der Waals surface area contributed by atoms with Gasteiger partial charge in [-0.25, -0.2) is 0 Å². The monoisotopic (exact) mass is 271 g/mol. The van der Waals surface area contributed by atoms with Crippen LogP contribution in [0.3, 0.4) is 0 Å². The van der Waals surface area contributed by atoms with Crippen LogP contribution in [0.1, 0.15) is 17.3 Å². The SMILES string of the molecule is CCOCCN(C)c1c(Cl)cc(N)cc1C(N)=O. The average Bonchev–Trinajstić information content (AvgIpc) is 2.27. The summed E-state index contributed by atoms with van der Waals surface area (Å²) in [6.45, 7) is 3.72. The number of hydrogen-bond acceptors (Lipinski definition) is 4. The number of hydrogen-bond donors (Lipinski definition) is 2. The van der Waals surface area contributed by atoms with Gasteiger partial charge in [-0.15, -0.1) is 0 Å². The number of amides is 1. The summed E-state index contributed by atoms with van der Waals surface area (Å²) in [4.78, 5) is 13.2. The van der Waals surface area contributed by atoms with E-state index in [-0.39, 0.29) is 0 Å². The minimum atomic E-state index is -0.553. The van der Waals surface area contributed by atoms with Crippen LogP contribution in [0.4, 0.5) is 11.4 Å². The highest BCUT2D eigenvalue weighted by atomic mass is 35.5. The molecule has 1 aromatic carbocycles. The van der Waals surface area contributed by atoms with Crippen LogP contribution in [0.2, 0.25) is 5.02 Å². The van der Waals surface area contributed by atoms with E-state index in [4.69, 9.17) is 27.8 Å². The van der Waals surface area contributed by atoms with Crippen molar-refractivity contribution in [2.45, 2.75) is 6.92 Å². The highest BCUT2D eigenvalue weighted by Gasteiger charge is 2.16. The summed E-state index contributed by atoms with van der Waals surface area (Å²) < 4.78 is 5.26. The number of benzene rings is 1. The van der Waals surface area contributed by atoms with Crippen molar-refractivity contribution in [3.8, 4) is 0 Å². The van der Waals surface area contributed by atoms with E-state index in [1.807, 2.05) is 18.9 Å². The molecule has 6 heteroatoms. The van der Waals surface area contributed by atoms with Crippen molar-refractivity contribution in [2.75, 3.05) is 37.4 Å². The number of nitrogens with two attached hydrogens (primary N) is 2. The largest absolute Gasteiger partial charge is 0.399 e. The van der Waals surface area contributed by atoms with Crippen LogP contribution in [-0.2, 0) is 4.74 Å². The molecule has 0 aromatic heterocycles. The number of halogens is 1. The Morgan fingerprint density at radius 2 is 2.17 bits per heavy atom. The molecule has 0 spiro atoms. The van der Waals surface area contributed by atoms with Crippen molar-refractivity contribution in [3.63, 3.8) is 0 Å². The smallest absolute Gasteiger partial charge is 0.250 e. The van der Waals surface area contributed by atoms with Crippen molar-refractivity contribution in [1.29, 1.82) is 0 Å². The third-order valence-electron chi connectivity index (χ3n) is 2.51. The molecule has 1 amide bonds. The number of rotatable bonds is 6. The lowest BCUT2D eigenvalue weighted by Crippen LogP contribution is -2.26. The number of ether oxygens (including phenoxy) is 1. The highest BCUT2D eigenvalue weighted by Crippen LogP contribution is 2.31. The zero-order valence-corrected chi connectivity index (χ0v) is 11.3. The molecule has 0 atom stereocenters. The molecule has 0 saturated heterocycles. The summed E-state index contributed by atoms with van der Waals surface area (Å²) in [6.07, 6.45) is 0. The number of carbonyl (C=O) groups excluding carboxylic acids is 1. The van der Waals surface area contributed by atoms with Gasteiger partial charge in [-0.3, -0.25) is 4.79 Å². The molecule has 0 aliphatic rings. The van der Waals surface area contributed by atoms with Gasteiger partial charge in [-0.05, 0) is 19.1 Å². The van der Waals surface area contributed by atoms with Crippen LogP contribution in [0, 0.1) is 0 Å². The fourth-order valence-corrected chi connectivity index (χ4v) is 2.03. The second kappa shape index (κ2) is 6.47. The van der Waals surface area contributed by atoms with Gasteiger partial charge in [0.1, 0.15) is 0 Å². The van der Waals surface area contributed by atoms with Crippen molar-refractivity contribution < 1.29 is 9.53 Å². The first-order chi connectivity index (χ1) is 8.47. The van der Waals surface area contributed by atoms with Crippen LogP contribution in [0.5, 0.6) is 0 Å². The van der Waals surface area contributed by atoms with Crippen molar-refractivity contribution in [3.05, 3.63) is 22.7 Å². The Balaban J connectivity index is 3.02. The summed E-state index contributed by atoms with van der Waals surface area (Å²) in [5.41, 5.74) is 12.3. The molecule has 18 heavy (non-hydrogen) atoms. The fraction of sp³-hybridized carbons (Fsp3) is 0.417. The summed E-state index contributed by atoms with van der Waals surface area (Å²) in [6, 6.07) is 3.13. The van der Waals surface area contributed by atoms with E-state index >= 15 is 0 Å². The van der Waals surface area contributed by atoms with E-state index in [0.717, 1.165) is 0 Å². The molecule has 0 unspecified atom stereocenters. The van der Waals surface area contributed by atoms with Crippen LogP contribution in [0.15, 0.2) is 12.1 Å². The number of nitrogens with zero attached hydrogens (tertiary/aromatic N) is 1. The Hall–Kier alpha value is -1.46. The van der Waals surface area contributed by atoms with Crippen molar-refractivity contribution in [1.82, 2.24) is 0 Å². The minimum Gasteiger partial charge on any atom is -0.399 e. The number of primary amides is 1. The van der Waals surface area contributed by atoms with E-state index in [2.05, 4.69) is 0 Å². The van der Waals surface area contributed by atoms with Crippen LogP contribution in [0.25, 0.3) is 0 Å². The molecule has 0 bridgehead atoms. The summed E-state index contributed by atoms with van der Waals surface area (Å²) in [5, 5.41) is 0.405. The van der Waals surface area contributed by atoms with E-state index in [1.54, 1.807) is 6.07 Å². The molecule has 0 aliphatic carbocycles. The van der Waals surface area contributed by atoms with E-state index in [9.17, 15) is 4.79 Å². The number of nitrogen functional groups attached to an aromatic ring is 1. The van der Waals surface area contributed by atoms with E-state index in [0.29, 0.717) is 41.7 Å². The molecular formula is C12H18ClN3O2. The number of carbonyl (C=O) groups is 1. The third-order valence-corrected chi connectivity index (χ3v) is 2.80. The predicted molar refractivity (Wildman–Crippen MR) is 74.1 cm³/mol. The molecule has 5 nitrogen and oxygen atoms in total. The Labute approximate surface area is 112 Å². The lowest BCUT2D eigenvalue weighted by atomic mass is 10.1. The molecule has 4 N–H and O–H groups in total. The van der Waals surface area contributed by atoms with Crippen LogP contribution in [-0.4, -0.2) is 32.7 Å². The quantitative estimate of drug-likeness (QED) is 0.607. The lowest BCUT2D eigenvalue weighted by molar-refractivity contribution is 0.100. The van der Waals surface area contributed by atoms with Crippen molar-refractivity contribution >= 4 is 28.9 Å². The van der Waals surface area contributed by atoms with Gasteiger partial charge in [0, 0.05) is 25.9 Å². The molecule has 100 valence electrons. The van der Waals surface area contributed by atoms with Crippen molar-refractivity contribution in [2.24, 2.45) is 5.73 Å². The first kappa shape index (κ1) is 14.6. The maximum atomic E-state index is 11.4. The Morgan fingerprint density at radius 1 is 1.50 bits per heavy atom. The lowest BCUT2D eigenvalue weighted by Gasteiger charge is -2.23. The second-order valence-electron chi connectivity index (χ2n) is 3.88. The van der Waals surface area contributed by atoms with Gasteiger partial charge in [0.25, 0.3) is 5.91 Å². The minimum absolute atomic E-state index is 0.319. The van der Waals surface area contributed by atoms with Crippen LogP contribution >= 0.6 is 11.6 Å². The van der Waals surface area contributed by atoms with Crippen LogP contribution < -0.4 is 16.4 Å². The summed E-state index contributed by atoms with van der Waals surface area (Å²) in [7, 11) is 1.82. The van der Waals surface area contributed by atoms with Gasteiger partial charge >= 0.3 is 0 Å². The molecule has 0 aliphatic heterocycles. The van der Waals surface area contributed by atoms with Gasteiger partial charge in [-0.1, -0.05) is 11.6 Å². The highest BCUT2D eigenvalue weighted by molar-refractivity contribution is 6.34. The maximum absolute atomic E-state index is 11.4. The molecule has 0 heterocycles. The van der Waals surface area contributed by atoms with Gasteiger partial charge in [0.05, 0.1) is 22.9 Å². The molecule has 1 rings (SSSR count). The topological polar surface area (TPSA) is 81.6 Å². The maximum Gasteiger partial charge on any atom is 0.250 e. The number of likely N-dealkylation sites (N-methyl/N-ethyl adjacent to an activating group) is 1. The van der Waals surface area contributed by atoms with E-state index in [1.165, 1.54) is 6.07 Å². The zero-order chi connectivity index (χ0) is 13.7. The van der Waals surface area contributed by atoms with Gasteiger partial charge in [0.15, 0.2) is 0 Å². The molecule has 0 radical (unpaired) electrons. The summed E-state index contributed by atoms with van der Waals surface area (Å²) >= 11 is 6.12. The standard InChI is InChI=1S/C12H18ClN3O2/c1-3-18-5-4-16(2)11-9(12(15)17)6-8(14)7-10(11)13/h6-7H,3-5,14H2,1-2H3,(H2,15,17). The molecule has 0 fully saturated rings. The zero-order valence-electron chi connectivity index (χ0n) is 10.6. The second-order valence-corrected chi connectivity index (χ2v) is 4.29. The summed E-state index contributed by atoms with van der Waals surface area (Å²) in [5.74, 6) is -0.553. The Morgan fingerprint density at radius 3 is 2.72 bits per heavy atom. The third kappa shape index (κ3) is 3.51. The van der Waals surface area contributed by atoms with Gasteiger partial charge in [0.2, 0.25) is 0 Å². The van der Waals surface area contributed by atoms with Gasteiger partial charge in [-0.2, -0.15) is 0 Å². The van der Waals surface area contributed by atoms with E-state index < -0.39 is 5.91 Å². The average molecular weight is 272 g/mol. The first-order valence-corrected chi connectivity index (χ1v) is 6.02. The molecule has 0 saturated carbocycles. The Bertz CT molecular complexity index is 438. The predicted octanol–water partition coefficient (Wildman–Crippen LogP) is 1.49. The van der Waals surface area contributed by atoms with Gasteiger partial charge < -0.3 is 21.1 Å². The fourth-order valence-electron chi connectivity index (χ4n) is 1.65. The molecule has 1 aromatic rings. The number of anilines is 2. The Kier molecular flexibility index (Phi) is 5.25. The normalized spacial score (nSPS) is 10.4. The first-order valence-electron chi connectivity index (χ1n) is 5.65. The molecular weight excluding hydrogens is 254 g/mol.